The molecular formula is C27H46N6O4S. The van der Waals surface area contributed by atoms with Crippen LogP contribution in [0.3, 0.4) is 0 Å². The number of aliphatic imine (C=N–C) groups is 1. The number of methoxy groups -OCH3 is 1. The fraction of sp³-hybridized carbons (Fsp3) is 0.741. The Labute approximate surface area is 232 Å². The second kappa shape index (κ2) is 23.0. The molecule has 0 radical (unpaired) electrons. The number of anilines is 1. The highest BCUT2D eigenvalue weighted by Gasteiger charge is 2.16. The van der Waals surface area contributed by atoms with Gasteiger partial charge in [0.2, 0.25) is 5.96 Å². The summed E-state index contributed by atoms with van der Waals surface area (Å²) in [5, 5.41) is 14.6. The van der Waals surface area contributed by atoms with Crippen LogP contribution in [0.1, 0.15) is 57.8 Å². The van der Waals surface area contributed by atoms with Crippen molar-refractivity contribution in [1.82, 2.24) is 14.8 Å². The number of hydrogen-bond donors (Lipinski definition) is 2. The Morgan fingerprint density at radius 3 is 2.66 bits per heavy atom. The van der Waals surface area contributed by atoms with Crippen LogP contribution in [-0.2, 0) is 19.0 Å². The monoisotopic (exact) mass is 550 g/mol. The number of nitrogens with one attached hydrogen (secondary N) is 2. The molecule has 11 heteroatoms. The minimum atomic E-state index is 0.450. The third-order valence-corrected chi connectivity index (χ3v) is 7.10. The lowest BCUT2D eigenvalue weighted by atomic mass is 9.90. The molecule has 1 heterocycles. The Morgan fingerprint density at radius 2 is 1.89 bits per heavy atom. The Balaban J connectivity index is 1.59. The van der Waals surface area contributed by atoms with Crippen molar-refractivity contribution in [1.29, 1.82) is 5.26 Å². The van der Waals surface area contributed by atoms with Crippen molar-refractivity contribution >= 4 is 23.6 Å². The molecule has 1 aliphatic carbocycles. The molecule has 0 spiro atoms. The minimum Gasteiger partial charge on any atom is -0.382 e. The van der Waals surface area contributed by atoms with E-state index in [1.54, 1.807) is 31.5 Å². The molecule has 38 heavy (non-hydrogen) atoms. The van der Waals surface area contributed by atoms with Gasteiger partial charge < -0.3 is 19.5 Å². The summed E-state index contributed by atoms with van der Waals surface area (Å²) >= 11 is 1.76. The largest absolute Gasteiger partial charge is 0.382 e. The first-order chi connectivity index (χ1) is 18.8. The first-order valence-corrected chi connectivity index (χ1v) is 14.8. The van der Waals surface area contributed by atoms with Gasteiger partial charge in [0.15, 0.2) is 6.19 Å². The van der Waals surface area contributed by atoms with Gasteiger partial charge in [0.25, 0.3) is 0 Å². The predicted molar refractivity (Wildman–Crippen MR) is 153 cm³/mol. The van der Waals surface area contributed by atoms with Gasteiger partial charge in [-0.3, -0.25) is 20.1 Å². The highest BCUT2D eigenvalue weighted by Crippen LogP contribution is 2.25. The molecule has 1 fully saturated rings. The third-order valence-electron chi connectivity index (χ3n) is 6.06. The number of ether oxygens (including phenoxy) is 3. The molecule has 2 rings (SSSR count). The van der Waals surface area contributed by atoms with Crippen molar-refractivity contribution in [2.75, 3.05) is 70.9 Å². The van der Waals surface area contributed by atoms with E-state index in [9.17, 15) is 0 Å². The standard InChI is InChI=1S/C27H46N6O4S/c1-34-17-18-36-20-19-35-16-15-33(37-23-25-10-5-4-6-11-25)38-21-8-3-2-7-14-30-27(31-24-28)32-26-12-9-13-29-22-26/h9,12-13,22,25H,2-8,10-11,14-21,23H2,1H3,(H2,30,31,32). The summed E-state index contributed by atoms with van der Waals surface area (Å²) < 4.78 is 18.2. The van der Waals surface area contributed by atoms with Crippen molar-refractivity contribution in [3.8, 4) is 6.19 Å². The quantitative estimate of drug-likeness (QED) is 0.0427. The highest BCUT2D eigenvalue weighted by molar-refractivity contribution is 7.96. The van der Waals surface area contributed by atoms with E-state index in [0.29, 0.717) is 51.5 Å². The molecule has 10 nitrogen and oxygen atoms in total. The van der Waals surface area contributed by atoms with Crippen LogP contribution in [0.25, 0.3) is 0 Å². The van der Waals surface area contributed by atoms with E-state index in [0.717, 1.165) is 50.3 Å². The van der Waals surface area contributed by atoms with Gasteiger partial charge in [0.1, 0.15) is 0 Å². The second-order valence-electron chi connectivity index (χ2n) is 9.15. The first kappa shape index (κ1) is 32.3. The van der Waals surface area contributed by atoms with Crippen molar-refractivity contribution in [2.45, 2.75) is 57.8 Å². The van der Waals surface area contributed by atoms with Crippen LogP contribution in [0.2, 0.25) is 0 Å². The molecule has 214 valence electrons. The molecule has 1 aromatic heterocycles. The fourth-order valence-electron chi connectivity index (χ4n) is 3.97. The first-order valence-electron chi connectivity index (χ1n) is 13.9. The van der Waals surface area contributed by atoms with Gasteiger partial charge in [-0.25, -0.2) is 0 Å². The lowest BCUT2D eigenvalue weighted by Gasteiger charge is -2.26. The number of nitrogens with zero attached hydrogens (tertiary/aromatic N) is 4. The average molecular weight is 551 g/mol. The van der Waals surface area contributed by atoms with E-state index in [-0.39, 0.29) is 0 Å². The number of rotatable bonds is 21. The van der Waals surface area contributed by atoms with Gasteiger partial charge in [0, 0.05) is 25.6 Å². The maximum Gasteiger partial charge on any atom is 0.209 e. The SMILES string of the molecule is COCCOCCOCCN(OCC1CCCCC1)SCCCCCCN=C(NC#N)Nc1cccnc1. The number of nitriles is 1. The highest BCUT2D eigenvalue weighted by atomic mass is 32.2. The topological polar surface area (TPSA) is 113 Å². The summed E-state index contributed by atoms with van der Waals surface area (Å²) in [6.45, 7) is 5.19. The number of aromatic nitrogens is 1. The van der Waals surface area contributed by atoms with Crippen molar-refractivity contribution in [3.63, 3.8) is 0 Å². The van der Waals surface area contributed by atoms with E-state index in [1.165, 1.54) is 32.1 Å². The number of pyridine rings is 1. The van der Waals surface area contributed by atoms with E-state index in [1.807, 2.05) is 22.8 Å². The zero-order valence-corrected chi connectivity index (χ0v) is 23.8. The zero-order chi connectivity index (χ0) is 26.9. The van der Waals surface area contributed by atoms with E-state index in [4.69, 9.17) is 24.3 Å². The van der Waals surface area contributed by atoms with Crippen LogP contribution in [0.15, 0.2) is 29.5 Å². The second-order valence-corrected chi connectivity index (χ2v) is 10.2. The maximum absolute atomic E-state index is 8.96. The molecule has 0 amide bonds. The molecular weight excluding hydrogens is 504 g/mol. The van der Waals surface area contributed by atoms with Crippen LogP contribution >= 0.6 is 11.9 Å². The molecule has 0 aromatic carbocycles. The van der Waals surface area contributed by atoms with Gasteiger partial charge in [0.05, 0.1) is 58.1 Å². The molecule has 0 saturated heterocycles. The Hall–Kier alpha value is -1.94. The summed E-state index contributed by atoms with van der Waals surface area (Å²) in [4.78, 5) is 14.7. The van der Waals surface area contributed by atoms with Crippen molar-refractivity contribution < 1.29 is 19.0 Å². The Bertz CT molecular complexity index is 762. The molecule has 0 atom stereocenters. The molecule has 1 aromatic rings. The van der Waals surface area contributed by atoms with Gasteiger partial charge >= 0.3 is 0 Å². The average Bonchev–Trinajstić information content (AvgIpc) is 2.95. The summed E-state index contributed by atoms with van der Waals surface area (Å²) in [5.41, 5.74) is 0.794. The molecule has 1 aliphatic rings. The summed E-state index contributed by atoms with van der Waals surface area (Å²) in [6, 6.07) is 3.71. The van der Waals surface area contributed by atoms with Crippen molar-refractivity contribution in [2.24, 2.45) is 10.9 Å². The lowest BCUT2D eigenvalue weighted by Crippen LogP contribution is -2.27. The smallest absolute Gasteiger partial charge is 0.209 e. The van der Waals surface area contributed by atoms with E-state index >= 15 is 0 Å². The number of hydrogen-bond acceptors (Lipinski definition) is 9. The summed E-state index contributed by atoms with van der Waals surface area (Å²) in [6.07, 6.45) is 16.2. The predicted octanol–water partition coefficient (Wildman–Crippen LogP) is 4.62. The van der Waals surface area contributed by atoms with E-state index < -0.39 is 0 Å². The molecule has 0 unspecified atom stereocenters. The Kier molecular flexibility index (Phi) is 19.5. The van der Waals surface area contributed by atoms with Crippen LogP contribution < -0.4 is 10.6 Å². The normalized spacial score (nSPS) is 14.5. The zero-order valence-electron chi connectivity index (χ0n) is 22.9. The summed E-state index contributed by atoms with van der Waals surface area (Å²) in [7, 11) is 1.67. The minimum absolute atomic E-state index is 0.450. The van der Waals surface area contributed by atoms with Crippen LogP contribution in [0.4, 0.5) is 5.69 Å². The van der Waals surface area contributed by atoms with E-state index in [2.05, 4.69) is 20.6 Å². The van der Waals surface area contributed by atoms with Crippen molar-refractivity contribution in [3.05, 3.63) is 24.5 Å². The molecule has 0 aliphatic heterocycles. The molecule has 2 N–H and O–H groups in total. The van der Waals surface area contributed by atoms with Crippen LogP contribution in [0.5, 0.6) is 0 Å². The van der Waals surface area contributed by atoms with Gasteiger partial charge in [-0.05, 0) is 43.7 Å². The van der Waals surface area contributed by atoms with Crippen LogP contribution in [0, 0.1) is 17.4 Å². The van der Waals surface area contributed by atoms with Crippen LogP contribution in [-0.4, -0.2) is 81.0 Å². The number of guanidine groups is 1. The lowest BCUT2D eigenvalue weighted by molar-refractivity contribution is -0.105. The van der Waals surface area contributed by atoms with Gasteiger partial charge in [-0.1, -0.05) is 44.1 Å². The molecule has 0 bridgehead atoms. The van der Waals surface area contributed by atoms with Gasteiger partial charge in [-0.15, -0.1) is 4.47 Å². The number of hydroxylamine groups is 1. The fourth-order valence-corrected chi connectivity index (χ4v) is 4.85. The van der Waals surface area contributed by atoms with Gasteiger partial charge in [-0.2, -0.15) is 5.26 Å². The molecule has 1 saturated carbocycles. The Morgan fingerprint density at radius 1 is 1.11 bits per heavy atom. The number of unbranched alkanes of at least 4 members (excludes halogenated alkanes) is 3. The maximum atomic E-state index is 8.96. The summed E-state index contributed by atoms with van der Waals surface area (Å²) in [5.74, 6) is 2.14. The third kappa shape index (κ3) is 16.8.